The molecule has 1 aliphatic heterocycles. The summed E-state index contributed by atoms with van der Waals surface area (Å²) in [6, 6.07) is 1.86. The van der Waals surface area contributed by atoms with Gasteiger partial charge in [-0.05, 0) is 32.3 Å². The van der Waals surface area contributed by atoms with Gasteiger partial charge in [-0.2, -0.15) is 0 Å². The molecule has 1 saturated carbocycles. The number of hydrogen-bond donors (Lipinski definition) is 2. The van der Waals surface area contributed by atoms with Crippen molar-refractivity contribution in [3.8, 4) is 0 Å². The Bertz CT molecular complexity index is 752. The van der Waals surface area contributed by atoms with Crippen LogP contribution >= 0.6 is 0 Å². The zero-order chi connectivity index (χ0) is 20.8. The van der Waals surface area contributed by atoms with Gasteiger partial charge in [0, 0.05) is 32.1 Å². The van der Waals surface area contributed by atoms with Gasteiger partial charge in [0.15, 0.2) is 5.96 Å². The second-order valence-electron chi connectivity index (χ2n) is 7.85. The molecule has 29 heavy (non-hydrogen) atoms. The second kappa shape index (κ2) is 9.80. The Balaban J connectivity index is 1.48. The summed E-state index contributed by atoms with van der Waals surface area (Å²) in [5.74, 6) is 1.93. The van der Waals surface area contributed by atoms with Crippen molar-refractivity contribution >= 4 is 17.8 Å². The van der Waals surface area contributed by atoms with Crippen LogP contribution in [0.25, 0.3) is 0 Å². The lowest BCUT2D eigenvalue weighted by Gasteiger charge is -2.26. The molecule has 1 amide bonds. The van der Waals surface area contributed by atoms with Crippen LogP contribution < -0.4 is 10.6 Å². The predicted molar refractivity (Wildman–Crippen MR) is 110 cm³/mol. The second-order valence-corrected chi connectivity index (χ2v) is 7.85. The molecule has 0 spiro atoms. The number of methoxy groups -OCH3 is 1. The van der Waals surface area contributed by atoms with Gasteiger partial charge in [-0.3, -0.25) is 9.79 Å². The van der Waals surface area contributed by atoms with E-state index in [1.54, 1.807) is 20.0 Å². The number of aryl methyl sites for hydroxylation is 1. The maximum atomic E-state index is 12.7. The average Bonchev–Trinajstić information content (AvgIpc) is 3.37. The van der Waals surface area contributed by atoms with Gasteiger partial charge in [0.25, 0.3) is 0 Å². The van der Waals surface area contributed by atoms with Crippen molar-refractivity contribution in [2.75, 3.05) is 27.2 Å². The van der Waals surface area contributed by atoms with Crippen molar-refractivity contribution in [1.82, 2.24) is 15.5 Å². The number of nitrogens with one attached hydrogen (secondary N) is 2. The molecule has 2 fully saturated rings. The summed E-state index contributed by atoms with van der Waals surface area (Å²) in [7, 11) is 3.06. The van der Waals surface area contributed by atoms with E-state index in [4.69, 9.17) is 9.15 Å². The third kappa shape index (κ3) is 5.31. The van der Waals surface area contributed by atoms with E-state index >= 15 is 0 Å². The minimum absolute atomic E-state index is 0.178. The molecule has 2 heterocycles. The van der Waals surface area contributed by atoms with Crippen LogP contribution in [0.2, 0.25) is 0 Å². The molecule has 1 aromatic heterocycles. The van der Waals surface area contributed by atoms with Crippen molar-refractivity contribution < 1.29 is 18.7 Å². The Morgan fingerprint density at radius 3 is 2.72 bits per heavy atom. The highest BCUT2D eigenvalue weighted by molar-refractivity contribution is 5.90. The fraction of sp³-hybridized carbons (Fsp3) is 0.667. The van der Waals surface area contributed by atoms with Gasteiger partial charge in [0.1, 0.15) is 17.1 Å². The molecule has 160 valence electrons. The van der Waals surface area contributed by atoms with E-state index in [0.29, 0.717) is 42.0 Å². The minimum Gasteiger partial charge on any atom is -0.465 e. The maximum Gasteiger partial charge on any atom is 0.341 e. The minimum atomic E-state index is -0.409. The van der Waals surface area contributed by atoms with Crippen molar-refractivity contribution in [2.45, 2.75) is 58.0 Å². The number of rotatable bonds is 5. The largest absolute Gasteiger partial charge is 0.465 e. The Hall–Kier alpha value is -2.51. The van der Waals surface area contributed by atoms with Crippen LogP contribution in [0.5, 0.6) is 0 Å². The summed E-state index contributed by atoms with van der Waals surface area (Å²) in [6.45, 7) is 3.64. The molecule has 1 unspecified atom stereocenters. The van der Waals surface area contributed by atoms with Gasteiger partial charge >= 0.3 is 5.97 Å². The molecule has 0 bridgehead atoms. The van der Waals surface area contributed by atoms with Crippen LogP contribution in [-0.4, -0.2) is 56.0 Å². The van der Waals surface area contributed by atoms with Crippen LogP contribution in [-0.2, 0) is 16.1 Å². The number of carbonyl (C=O) groups excluding carboxylic acids is 2. The van der Waals surface area contributed by atoms with Crippen molar-refractivity contribution in [3.05, 3.63) is 23.2 Å². The van der Waals surface area contributed by atoms with Crippen molar-refractivity contribution in [1.29, 1.82) is 0 Å². The lowest BCUT2D eigenvalue weighted by molar-refractivity contribution is -0.135. The number of ether oxygens (including phenoxy) is 1. The molecule has 8 heteroatoms. The predicted octanol–water partition coefficient (Wildman–Crippen LogP) is 2.22. The maximum absolute atomic E-state index is 12.7. The first-order valence-electron chi connectivity index (χ1n) is 10.5. The number of guanidine groups is 1. The monoisotopic (exact) mass is 404 g/mol. The Kier molecular flexibility index (Phi) is 7.17. The highest BCUT2D eigenvalue weighted by Gasteiger charge is 2.31. The van der Waals surface area contributed by atoms with E-state index in [9.17, 15) is 9.59 Å². The topological polar surface area (TPSA) is 96.2 Å². The molecule has 1 saturated heterocycles. The van der Waals surface area contributed by atoms with Gasteiger partial charge < -0.3 is 24.7 Å². The SMILES string of the molecule is CN=C(NCc1cc(C(=O)OC)c(C)o1)NC1CCN(C(=O)C2CCCCC2)C1. The number of likely N-dealkylation sites (tertiary alicyclic amines) is 1. The number of aliphatic imine (C=N–C) groups is 1. The fourth-order valence-corrected chi connectivity index (χ4v) is 4.19. The molecule has 0 radical (unpaired) electrons. The van der Waals surface area contributed by atoms with Crippen LogP contribution in [0.15, 0.2) is 15.5 Å². The van der Waals surface area contributed by atoms with Crippen LogP contribution in [0.1, 0.15) is 60.4 Å². The van der Waals surface area contributed by atoms with Crippen LogP contribution in [0.4, 0.5) is 0 Å². The zero-order valence-electron chi connectivity index (χ0n) is 17.6. The first-order valence-corrected chi connectivity index (χ1v) is 10.5. The number of carbonyl (C=O) groups is 2. The Labute approximate surface area is 172 Å². The highest BCUT2D eigenvalue weighted by Crippen LogP contribution is 2.26. The molecule has 1 aromatic rings. The quantitative estimate of drug-likeness (QED) is 0.444. The normalized spacial score (nSPS) is 20.6. The summed E-state index contributed by atoms with van der Waals surface area (Å²) in [5.41, 5.74) is 0.430. The van der Waals surface area contributed by atoms with E-state index < -0.39 is 5.97 Å². The van der Waals surface area contributed by atoms with Crippen LogP contribution in [0.3, 0.4) is 0 Å². The summed E-state index contributed by atoms with van der Waals surface area (Å²) >= 11 is 0. The van der Waals surface area contributed by atoms with Crippen molar-refractivity contribution in [2.24, 2.45) is 10.9 Å². The summed E-state index contributed by atoms with van der Waals surface area (Å²) in [5, 5.41) is 6.60. The third-order valence-corrected chi connectivity index (χ3v) is 5.82. The number of esters is 1. The molecular formula is C21H32N4O4. The third-order valence-electron chi connectivity index (χ3n) is 5.82. The molecule has 2 N–H and O–H groups in total. The summed E-state index contributed by atoms with van der Waals surface area (Å²) in [6.07, 6.45) is 6.58. The van der Waals surface area contributed by atoms with E-state index in [0.717, 1.165) is 25.8 Å². The fourth-order valence-electron chi connectivity index (χ4n) is 4.19. The number of hydrogen-bond acceptors (Lipinski definition) is 5. The zero-order valence-corrected chi connectivity index (χ0v) is 17.6. The smallest absolute Gasteiger partial charge is 0.341 e. The van der Waals surface area contributed by atoms with Gasteiger partial charge in [0.05, 0.1) is 13.7 Å². The van der Waals surface area contributed by atoms with E-state index in [-0.39, 0.29) is 12.0 Å². The molecule has 1 atom stereocenters. The van der Waals surface area contributed by atoms with Crippen molar-refractivity contribution in [3.63, 3.8) is 0 Å². The van der Waals surface area contributed by atoms with Gasteiger partial charge in [0.2, 0.25) is 5.91 Å². The Morgan fingerprint density at radius 2 is 2.03 bits per heavy atom. The summed E-state index contributed by atoms with van der Waals surface area (Å²) < 4.78 is 10.4. The van der Waals surface area contributed by atoms with E-state index in [1.807, 2.05) is 4.90 Å². The number of amides is 1. The first-order chi connectivity index (χ1) is 14.0. The van der Waals surface area contributed by atoms with E-state index in [2.05, 4.69) is 15.6 Å². The Morgan fingerprint density at radius 1 is 1.28 bits per heavy atom. The molecular weight excluding hydrogens is 372 g/mol. The first kappa shape index (κ1) is 21.2. The van der Waals surface area contributed by atoms with Gasteiger partial charge in [-0.1, -0.05) is 19.3 Å². The van der Waals surface area contributed by atoms with Crippen LogP contribution in [0, 0.1) is 12.8 Å². The summed E-state index contributed by atoms with van der Waals surface area (Å²) in [4.78, 5) is 30.7. The molecule has 0 aromatic carbocycles. The molecule has 1 aliphatic carbocycles. The average molecular weight is 405 g/mol. The highest BCUT2D eigenvalue weighted by atomic mass is 16.5. The number of nitrogens with zero attached hydrogens (tertiary/aromatic N) is 2. The molecule has 3 rings (SSSR count). The molecule has 2 aliphatic rings. The lowest BCUT2D eigenvalue weighted by Crippen LogP contribution is -2.45. The van der Waals surface area contributed by atoms with Gasteiger partial charge in [-0.25, -0.2) is 4.79 Å². The number of furan rings is 1. The van der Waals surface area contributed by atoms with Gasteiger partial charge in [-0.15, -0.1) is 0 Å². The lowest BCUT2D eigenvalue weighted by atomic mass is 9.88. The molecule has 8 nitrogen and oxygen atoms in total. The van der Waals surface area contributed by atoms with E-state index in [1.165, 1.54) is 26.4 Å². The standard InChI is InChI=1S/C21H32N4O4/c1-14-18(20(27)28-3)11-17(29-14)12-23-21(22-2)24-16-9-10-25(13-16)19(26)15-7-5-4-6-8-15/h11,15-16H,4-10,12-13H2,1-3H3,(H2,22,23,24).